The highest BCUT2D eigenvalue weighted by molar-refractivity contribution is 9.10. The van der Waals surface area contributed by atoms with E-state index in [1.165, 1.54) is 16.5 Å². The van der Waals surface area contributed by atoms with Gasteiger partial charge in [-0.05, 0) is 84.4 Å². The summed E-state index contributed by atoms with van der Waals surface area (Å²) in [6.45, 7) is 6.14. The smallest absolute Gasteiger partial charge is 0.248 e. The van der Waals surface area contributed by atoms with Gasteiger partial charge >= 0.3 is 0 Å². The number of piperidine rings is 1. The predicted molar refractivity (Wildman–Crippen MR) is 158 cm³/mol. The Kier molecular flexibility index (Phi) is 6.91. The van der Waals surface area contributed by atoms with Crippen LogP contribution < -0.4 is 5.32 Å². The van der Waals surface area contributed by atoms with Gasteiger partial charge in [0.1, 0.15) is 34.5 Å². The topological polar surface area (TPSA) is 123 Å². The molecule has 6 rings (SSSR count). The standard InChI is InChI=1S/C30H29BrFN7O3/c1-15-5-6-24(31)35-28(15)36-29(42)22-9-30(14-32)10-23(30)39(22)25(41)13-38-27-16(2)7-19(20-11-33-18(4)34-12-20)8-21(27)26(37-38)17(3)40/h5-8,11-12,22-23H,9-10,13-14H2,1-4H3,(H,35,36,42)/t22-,23+,30-/m0/s1. The van der Waals surface area contributed by atoms with Crippen molar-refractivity contribution in [1.82, 2.24) is 29.6 Å². The number of fused-ring (bicyclic) bond motifs is 2. The van der Waals surface area contributed by atoms with E-state index in [-0.39, 0.29) is 36.4 Å². The number of nitrogens with one attached hydrogen (secondary N) is 1. The van der Waals surface area contributed by atoms with Crippen LogP contribution in [-0.4, -0.2) is 66.0 Å². The summed E-state index contributed by atoms with van der Waals surface area (Å²) in [6, 6.07) is 6.17. The van der Waals surface area contributed by atoms with Gasteiger partial charge in [0.2, 0.25) is 11.8 Å². The van der Waals surface area contributed by atoms with Gasteiger partial charge in [-0.1, -0.05) is 6.07 Å². The first-order valence-electron chi connectivity index (χ1n) is 13.6. The number of rotatable bonds is 7. The number of aromatic nitrogens is 5. The lowest BCUT2D eigenvalue weighted by Gasteiger charge is -2.27. The van der Waals surface area contributed by atoms with E-state index < -0.39 is 24.0 Å². The van der Waals surface area contributed by atoms with Gasteiger partial charge in [0.05, 0.1) is 12.2 Å². The summed E-state index contributed by atoms with van der Waals surface area (Å²) >= 11 is 3.32. The Morgan fingerprint density at radius 3 is 2.50 bits per heavy atom. The summed E-state index contributed by atoms with van der Waals surface area (Å²) in [5.74, 6) is 0.0227. The monoisotopic (exact) mass is 633 g/mol. The summed E-state index contributed by atoms with van der Waals surface area (Å²) in [6.07, 6.45) is 4.19. The van der Waals surface area contributed by atoms with Crippen LogP contribution in [0, 0.1) is 26.2 Å². The van der Waals surface area contributed by atoms with Crippen LogP contribution in [0.25, 0.3) is 22.0 Å². The number of carbonyl (C=O) groups is 3. The minimum atomic E-state index is -0.851. The highest BCUT2D eigenvalue weighted by Crippen LogP contribution is 2.60. The third-order valence-electron chi connectivity index (χ3n) is 8.35. The van der Waals surface area contributed by atoms with Crippen molar-refractivity contribution in [3.63, 3.8) is 0 Å². The molecule has 0 radical (unpaired) electrons. The summed E-state index contributed by atoms with van der Waals surface area (Å²) in [4.78, 5) is 54.4. The molecule has 3 aromatic heterocycles. The van der Waals surface area contributed by atoms with Crippen LogP contribution in [0.15, 0.2) is 41.3 Å². The number of carbonyl (C=O) groups excluding carboxylic acids is 3. The Labute approximate surface area is 249 Å². The molecule has 3 atom stereocenters. The molecule has 10 nitrogen and oxygen atoms in total. The first-order valence-corrected chi connectivity index (χ1v) is 14.4. The molecule has 2 amide bonds. The number of hydrogen-bond acceptors (Lipinski definition) is 7. The molecule has 1 aromatic carbocycles. The van der Waals surface area contributed by atoms with E-state index in [1.807, 2.05) is 32.0 Å². The van der Waals surface area contributed by atoms with E-state index in [0.29, 0.717) is 33.6 Å². The number of pyridine rings is 1. The Morgan fingerprint density at radius 1 is 1.07 bits per heavy atom. The second-order valence-corrected chi connectivity index (χ2v) is 12.1. The van der Waals surface area contributed by atoms with Crippen molar-refractivity contribution in [2.24, 2.45) is 5.41 Å². The van der Waals surface area contributed by atoms with Crippen molar-refractivity contribution in [2.45, 2.75) is 59.2 Å². The van der Waals surface area contributed by atoms with Crippen LogP contribution in [0.4, 0.5) is 10.2 Å². The van der Waals surface area contributed by atoms with E-state index in [9.17, 15) is 18.8 Å². The zero-order valence-electron chi connectivity index (χ0n) is 23.6. The summed E-state index contributed by atoms with van der Waals surface area (Å²) in [5.41, 5.74) is 3.37. The van der Waals surface area contributed by atoms with E-state index >= 15 is 0 Å². The number of alkyl halides is 1. The molecule has 1 saturated heterocycles. The van der Waals surface area contributed by atoms with Crippen LogP contribution in [0.5, 0.6) is 0 Å². The molecule has 0 unspecified atom stereocenters. The van der Waals surface area contributed by atoms with Gasteiger partial charge in [-0.25, -0.2) is 15.0 Å². The first-order chi connectivity index (χ1) is 20.0. The maximum absolute atomic E-state index is 14.2. The molecular weight excluding hydrogens is 605 g/mol. The van der Waals surface area contributed by atoms with Crippen LogP contribution in [0.1, 0.15) is 47.2 Å². The normalized spacial score (nSPS) is 21.0. The molecule has 1 aliphatic heterocycles. The lowest BCUT2D eigenvalue weighted by atomic mass is 10.0. The maximum Gasteiger partial charge on any atom is 0.248 e. The highest BCUT2D eigenvalue weighted by atomic mass is 79.9. The van der Waals surface area contributed by atoms with Gasteiger partial charge in [-0.15, -0.1) is 0 Å². The fourth-order valence-electron chi connectivity index (χ4n) is 6.06. The fourth-order valence-corrected chi connectivity index (χ4v) is 6.37. The zero-order chi connectivity index (χ0) is 29.9. The molecule has 4 heterocycles. The van der Waals surface area contributed by atoms with Crippen molar-refractivity contribution in [1.29, 1.82) is 0 Å². The summed E-state index contributed by atoms with van der Waals surface area (Å²) in [7, 11) is 0. The average molecular weight is 635 g/mol. The Morgan fingerprint density at radius 2 is 1.81 bits per heavy atom. The van der Waals surface area contributed by atoms with Gasteiger partial charge in [0.15, 0.2) is 5.78 Å². The second kappa shape index (κ2) is 10.3. The van der Waals surface area contributed by atoms with Gasteiger partial charge in [0, 0.05) is 41.7 Å². The molecule has 0 bridgehead atoms. The molecule has 4 aromatic rings. The zero-order valence-corrected chi connectivity index (χ0v) is 25.2. The molecule has 42 heavy (non-hydrogen) atoms. The van der Waals surface area contributed by atoms with Crippen molar-refractivity contribution in [2.75, 3.05) is 12.0 Å². The van der Waals surface area contributed by atoms with E-state index in [0.717, 1.165) is 22.3 Å². The molecule has 1 aliphatic carbocycles. The molecule has 0 spiro atoms. The van der Waals surface area contributed by atoms with E-state index in [2.05, 4.69) is 41.3 Å². The molecule has 1 saturated carbocycles. The molecule has 12 heteroatoms. The van der Waals surface area contributed by atoms with Crippen molar-refractivity contribution in [3.8, 4) is 11.1 Å². The molecular formula is C30H29BrFN7O3. The second-order valence-electron chi connectivity index (χ2n) is 11.3. The van der Waals surface area contributed by atoms with E-state index in [4.69, 9.17) is 0 Å². The number of likely N-dealkylation sites (tertiary alicyclic amines) is 1. The van der Waals surface area contributed by atoms with Gasteiger partial charge in [0.25, 0.3) is 0 Å². The van der Waals surface area contributed by atoms with Crippen molar-refractivity contribution >= 4 is 50.2 Å². The Bertz CT molecular complexity index is 1770. The molecule has 2 fully saturated rings. The van der Waals surface area contributed by atoms with Crippen molar-refractivity contribution in [3.05, 3.63) is 63.9 Å². The molecule has 216 valence electrons. The average Bonchev–Trinajstić information content (AvgIpc) is 3.37. The number of nitrogens with zero attached hydrogens (tertiary/aromatic N) is 6. The van der Waals surface area contributed by atoms with Crippen LogP contribution in [-0.2, 0) is 16.1 Å². The maximum atomic E-state index is 14.2. The van der Waals surface area contributed by atoms with E-state index in [1.54, 1.807) is 25.4 Å². The summed E-state index contributed by atoms with van der Waals surface area (Å²) < 4.78 is 16.3. The lowest BCUT2D eigenvalue weighted by Crippen LogP contribution is -2.47. The number of aryl methyl sites for hydroxylation is 3. The largest absolute Gasteiger partial charge is 0.325 e. The third kappa shape index (κ3) is 4.77. The third-order valence-corrected chi connectivity index (χ3v) is 8.79. The van der Waals surface area contributed by atoms with Gasteiger partial charge in [-0.3, -0.25) is 23.5 Å². The number of benzene rings is 1. The number of anilines is 1. The summed E-state index contributed by atoms with van der Waals surface area (Å²) in [5, 5.41) is 7.99. The predicted octanol–water partition coefficient (Wildman–Crippen LogP) is 4.75. The van der Waals surface area contributed by atoms with Gasteiger partial charge < -0.3 is 10.2 Å². The highest BCUT2D eigenvalue weighted by Gasteiger charge is 2.67. The van der Waals surface area contributed by atoms with Crippen molar-refractivity contribution < 1.29 is 18.8 Å². The number of halogens is 2. The number of Topliss-reactive ketones (excluding diaryl/α,β-unsaturated/α-hetero) is 1. The fraction of sp³-hybridized carbons (Fsp3) is 0.367. The number of hydrogen-bond donors (Lipinski definition) is 1. The first kappa shape index (κ1) is 28.1. The quantitative estimate of drug-likeness (QED) is 0.230. The minimum absolute atomic E-state index is 0.200. The molecule has 1 N–H and O–H groups in total. The van der Waals surface area contributed by atoms with Crippen LogP contribution >= 0.6 is 15.9 Å². The number of ketones is 1. The van der Waals surface area contributed by atoms with Gasteiger partial charge in [-0.2, -0.15) is 5.10 Å². The lowest BCUT2D eigenvalue weighted by molar-refractivity contribution is -0.138. The SMILES string of the molecule is CC(=O)c1nn(CC(=O)N2[C@H](C(=O)Nc3nc(Br)ccc3C)C[C@@]3(CF)C[C@@H]23)c2c(C)cc(-c3cnc(C)nc3)cc12. The minimum Gasteiger partial charge on any atom is -0.325 e. The number of amides is 2. The van der Waals surface area contributed by atoms with Crippen LogP contribution in [0.3, 0.4) is 0 Å². The van der Waals surface area contributed by atoms with Crippen LogP contribution in [0.2, 0.25) is 0 Å². The molecule has 2 aliphatic rings. The Hall–Kier alpha value is -4.06. The Balaban J connectivity index is 1.33.